The number of imidazole rings is 1. The van der Waals surface area contributed by atoms with E-state index in [-0.39, 0.29) is 6.04 Å². The van der Waals surface area contributed by atoms with Crippen molar-refractivity contribution in [3.63, 3.8) is 0 Å². The molecule has 11 nitrogen and oxygen atoms in total. The second-order valence-electron chi connectivity index (χ2n) is 10.4. The average molecular weight is 574 g/mol. The maximum Gasteiger partial charge on any atom is 0.324 e. The van der Waals surface area contributed by atoms with E-state index in [0.29, 0.717) is 71.9 Å². The number of morpholine rings is 1. The SMILES string of the molecule is C[C@H]1COCCN1c1cc(C2(S(=O)(=O)c3ccccc3)CC2)nc(-c2ccc(NC(=O)Nc3cn(C)cn3)cc2)n1. The lowest BCUT2D eigenvalue weighted by Crippen LogP contribution is -2.44. The molecule has 0 unspecified atom stereocenters. The highest BCUT2D eigenvalue weighted by Crippen LogP contribution is 2.55. The Labute approximate surface area is 238 Å². The molecule has 41 heavy (non-hydrogen) atoms. The summed E-state index contributed by atoms with van der Waals surface area (Å²) in [5.74, 6) is 1.54. The molecule has 0 bridgehead atoms. The number of amides is 2. The van der Waals surface area contributed by atoms with Crippen LogP contribution in [-0.4, -0.2) is 59.8 Å². The number of urea groups is 1. The molecule has 0 radical (unpaired) electrons. The van der Waals surface area contributed by atoms with Gasteiger partial charge in [-0.05, 0) is 56.2 Å². The third-order valence-electron chi connectivity index (χ3n) is 7.46. The van der Waals surface area contributed by atoms with Crippen molar-refractivity contribution in [1.82, 2.24) is 19.5 Å². The van der Waals surface area contributed by atoms with Crippen molar-refractivity contribution in [2.45, 2.75) is 35.4 Å². The zero-order chi connectivity index (χ0) is 28.6. The number of anilines is 3. The molecule has 12 heteroatoms. The van der Waals surface area contributed by atoms with E-state index in [1.807, 2.05) is 25.2 Å². The van der Waals surface area contributed by atoms with Gasteiger partial charge in [-0.1, -0.05) is 18.2 Å². The van der Waals surface area contributed by atoms with Crippen LogP contribution < -0.4 is 15.5 Å². The summed E-state index contributed by atoms with van der Waals surface area (Å²) in [6.45, 7) is 3.82. The molecule has 1 saturated carbocycles. The Morgan fingerprint density at radius 1 is 1.05 bits per heavy atom. The third kappa shape index (κ3) is 5.27. The fourth-order valence-corrected chi connectivity index (χ4v) is 7.06. The number of carbonyl (C=O) groups is 1. The zero-order valence-corrected chi connectivity index (χ0v) is 23.6. The zero-order valence-electron chi connectivity index (χ0n) is 22.8. The van der Waals surface area contributed by atoms with Crippen LogP contribution in [-0.2, 0) is 26.4 Å². The Morgan fingerprint density at radius 2 is 1.80 bits per heavy atom. The highest BCUT2D eigenvalue weighted by molar-refractivity contribution is 7.92. The van der Waals surface area contributed by atoms with Crippen molar-refractivity contribution >= 4 is 33.2 Å². The normalized spacial score (nSPS) is 18.1. The summed E-state index contributed by atoms with van der Waals surface area (Å²) >= 11 is 0. The fourth-order valence-electron chi connectivity index (χ4n) is 5.07. The van der Waals surface area contributed by atoms with Gasteiger partial charge in [0, 0.05) is 37.1 Å². The molecule has 212 valence electrons. The summed E-state index contributed by atoms with van der Waals surface area (Å²) in [7, 11) is -1.86. The molecule has 4 aromatic rings. The van der Waals surface area contributed by atoms with E-state index in [9.17, 15) is 13.2 Å². The number of sulfone groups is 1. The van der Waals surface area contributed by atoms with Crippen LogP contribution in [0.15, 0.2) is 78.1 Å². The number of aryl methyl sites for hydroxylation is 1. The fraction of sp³-hybridized carbons (Fsp3) is 0.310. The van der Waals surface area contributed by atoms with E-state index in [4.69, 9.17) is 14.7 Å². The Hall–Kier alpha value is -4.29. The maximum absolute atomic E-state index is 13.9. The van der Waals surface area contributed by atoms with Gasteiger partial charge in [0.15, 0.2) is 21.5 Å². The highest BCUT2D eigenvalue weighted by atomic mass is 32.2. The standard InChI is InChI=1S/C29H31N7O4S/c1-20-18-40-15-14-36(20)26-16-24(29(12-13-29)41(38,39)23-6-4-3-5-7-23)32-27(34-26)21-8-10-22(11-9-21)31-28(37)33-25-17-35(2)19-30-25/h3-11,16-17,19-20H,12-15,18H2,1-2H3,(H2,31,33,37)/t20-/m0/s1. The molecule has 1 aliphatic carbocycles. The van der Waals surface area contributed by atoms with Gasteiger partial charge >= 0.3 is 6.03 Å². The Kier molecular flexibility index (Phi) is 6.96. The number of ether oxygens (including phenoxy) is 1. The number of hydrogen-bond acceptors (Lipinski definition) is 8. The second kappa shape index (κ2) is 10.6. The van der Waals surface area contributed by atoms with Crippen LogP contribution >= 0.6 is 0 Å². The lowest BCUT2D eigenvalue weighted by molar-refractivity contribution is 0.0985. The number of nitrogens with one attached hydrogen (secondary N) is 2. The first-order valence-corrected chi connectivity index (χ1v) is 14.9. The molecule has 2 aromatic heterocycles. The van der Waals surface area contributed by atoms with Crippen LogP contribution in [0.4, 0.5) is 22.1 Å². The predicted octanol–water partition coefficient (Wildman–Crippen LogP) is 4.21. The monoisotopic (exact) mass is 573 g/mol. The molecule has 2 amide bonds. The second-order valence-corrected chi connectivity index (χ2v) is 12.7. The minimum absolute atomic E-state index is 0.0735. The summed E-state index contributed by atoms with van der Waals surface area (Å²) in [5, 5.41) is 5.47. The van der Waals surface area contributed by atoms with Crippen molar-refractivity contribution in [2.75, 3.05) is 35.3 Å². The minimum atomic E-state index is -3.68. The van der Waals surface area contributed by atoms with E-state index in [1.54, 1.807) is 59.6 Å². The molecule has 2 fully saturated rings. The summed E-state index contributed by atoms with van der Waals surface area (Å²) < 4.78 is 34.0. The van der Waals surface area contributed by atoms with E-state index < -0.39 is 20.6 Å². The van der Waals surface area contributed by atoms with Gasteiger partial charge in [-0.3, -0.25) is 5.32 Å². The Bertz CT molecular complexity index is 1670. The molecule has 3 heterocycles. The Morgan fingerprint density at radius 3 is 2.46 bits per heavy atom. The molecule has 0 spiro atoms. The van der Waals surface area contributed by atoms with Gasteiger partial charge in [0.2, 0.25) is 0 Å². The van der Waals surface area contributed by atoms with Crippen molar-refractivity contribution in [3.8, 4) is 11.4 Å². The first-order valence-electron chi connectivity index (χ1n) is 13.5. The quantitative estimate of drug-likeness (QED) is 0.336. The van der Waals surface area contributed by atoms with E-state index >= 15 is 0 Å². The molecule has 6 rings (SSSR count). The molecule has 1 atom stereocenters. The van der Waals surface area contributed by atoms with Crippen LogP contribution in [0, 0.1) is 0 Å². The van der Waals surface area contributed by atoms with Crippen molar-refractivity contribution in [3.05, 3.63) is 78.9 Å². The first kappa shape index (κ1) is 26.9. The van der Waals surface area contributed by atoms with Gasteiger partial charge in [-0.2, -0.15) is 0 Å². The number of carbonyl (C=O) groups excluding carboxylic acids is 1. The topological polar surface area (TPSA) is 131 Å². The summed E-state index contributed by atoms with van der Waals surface area (Å²) in [6.07, 6.45) is 4.28. The van der Waals surface area contributed by atoms with Gasteiger partial charge in [-0.15, -0.1) is 0 Å². The smallest absolute Gasteiger partial charge is 0.324 e. The van der Waals surface area contributed by atoms with Crippen LogP contribution in [0.25, 0.3) is 11.4 Å². The molecular weight excluding hydrogens is 542 g/mol. The van der Waals surface area contributed by atoms with Gasteiger partial charge < -0.3 is 19.5 Å². The largest absolute Gasteiger partial charge is 0.377 e. The van der Waals surface area contributed by atoms with E-state index in [2.05, 4.69) is 27.4 Å². The molecule has 2 aliphatic rings. The first-order chi connectivity index (χ1) is 19.7. The van der Waals surface area contributed by atoms with E-state index in [1.165, 1.54) is 0 Å². The predicted molar refractivity (Wildman–Crippen MR) is 155 cm³/mol. The van der Waals surface area contributed by atoms with Crippen LogP contribution in [0.3, 0.4) is 0 Å². The molecule has 1 saturated heterocycles. The molecule has 2 N–H and O–H groups in total. The summed E-state index contributed by atoms with van der Waals surface area (Å²) in [4.78, 5) is 28.6. The van der Waals surface area contributed by atoms with Crippen molar-refractivity contribution in [2.24, 2.45) is 7.05 Å². The van der Waals surface area contributed by atoms with Gasteiger partial charge in [0.25, 0.3) is 0 Å². The average Bonchev–Trinajstić information content (AvgIpc) is 3.71. The third-order valence-corrected chi connectivity index (χ3v) is 10.00. The van der Waals surface area contributed by atoms with E-state index in [0.717, 1.165) is 0 Å². The summed E-state index contributed by atoms with van der Waals surface area (Å²) in [6, 6.07) is 17.2. The number of hydrogen-bond donors (Lipinski definition) is 2. The number of nitrogens with zero attached hydrogens (tertiary/aromatic N) is 5. The molecule has 2 aromatic carbocycles. The maximum atomic E-state index is 13.9. The summed E-state index contributed by atoms with van der Waals surface area (Å²) in [5.41, 5.74) is 1.78. The molecule has 1 aliphatic heterocycles. The number of benzene rings is 2. The van der Waals surface area contributed by atoms with Gasteiger partial charge in [0.1, 0.15) is 10.6 Å². The van der Waals surface area contributed by atoms with Crippen molar-refractivity contribution in [1.29, 1.82) is 0 Å². The lowest BCUT2D eigenvalue weighted by Gasteiger charge is -2.34. The van der Waals surface area contributed by atoms with Crippen LogP contribution in [0.1, 0.15) is 25.5 Å². The number of rotatable bonds is 7. The van der Waals surface area contributed by atoms with Gasteiger partial charge in [-0.25, -0.2) is 28.2 Å². The van der Waals surface area contributed by atoms with Gasteiger partial charge in [0.05, 0.1) is 36.2 Å². The minimum Gasteiger partial charge on any atom is -0.377 e. The number of aromatic nitrogens is 4. The van der Waals surface area contributed by atoms with Crippen molar-refractivity contribution < 1.29 is 17.9 Å². The Balaban J connectivity index is 1.33. The van der Waals surface area contributed by atoms with Crippen LogP contribution in [0.5, 0.6) is 0 Å². The highest BCUT2D eigenvalue weighted by Gasteiger charge is 2.58. The lowest BCUT2D eigenvalue weighted by atomic mass is 10.1. The van der Waals surface area contributed by atoms with Crippen LogP contribution in [0.2, 0.25) is 0 Å². The molecular formula is C29H31N7O4S.